The third-order valence-corrected chi connectivity index (χ3v) is 5.63. The van der Waals surface area contributed by atoms with Crippen LogP contribution < -0.4 is 0 Å². The molecule has 1 unspecified atom stereocenters. The normalized spacial score (nSPS) is 28.9. The highest BCUT2D eigenvalue weighted by Crippen LogP contribution is 2.29. The highest BCUT2D eigenvalue weighted by molar-refractivity contribution is 5.33. The van der Waals surface area contributed by atoms with Crippen molar-refractivity contribution in [3.05, 3.63) is 35.4 Å². The lowest BCUT2D eigenvalue weighted by atomic mass is 10.0. The maximum absolute atomic E-state index is 2.80. The molecule has 0 N–H and O–H groups in total. The Morgan fingerprint density at radius 3 is 2.10 bits per heavy atom. The van der Waals surface area contributed by atoms with E-state index in [2.05, 4.69) is 34.1 Å². The molecular formula is C18H26N2. The van der Waals surface area contributed by atoms with E-state index in [-0.39, 0.29) is 0 Å². The molecule has 2 saturated heterocycles. The summed E-state index contributed by atoms with van der Waals surface area (Å²) in [4.78, 5) is 5.56. The van der Waals surface area contributed by atoms with E-state index >= 15 is 0 Å². The maximum atomic E-state index is 2.80. The van der Waals surface area contributed by atoms with Crippen LogP contribution in [0.4, 0.5) is 0 Å². The van der Waals surface area contributed by atoms with E-state index in [4.69, 9.17) is 0 Å². The quantitative estimate of drug-likeness (QED) is 0.815. The van der Waals surface area contributed by atoms with Gasteiger partial charge in [0.15, 0.2) is 0 Å². The average Bonchev–Trinajstić information content (AvgIpc) is 3.16. The van der Waals surface area contributed by atoms with Crippen LogP contribution in [0.3, 0.4) is 0 Å². The maximum Gasteiger partial charge on any atom is 0.0223 e. The first-order valence-corrected chi connectivity index (χ1v) is 8.45. The molecule has 0 radical (unpaired) electrons. The molecule has 2 heterocycles. The fourth-order valence-corrected chi connectivity index (χ4v) is 4.51. The van der Waals surface area contributed by atoms with E-state index in [9.17, 15) is 0 Å². The summed E-state index contributed by atoms with van der Waals surface area (Å²) in [5, 5.41) is 0. The van der Waals surface area contributed by atoms with E-state index in [1.54, 1.807) is 11.1 Å². The molecule has 1 atom stereocenters. The largest absolute Gasteiger partial charge is 0.299 e. The number of piperidine rings is 1. The first-order valence-electron chi connectivity index (χ1n) is 8.45. The molecule has 1 aliphatic carbocycles. The molecule has 2 aliphatic heterocycles. The average molecular weight is 270 g/mol. The van der Waals surface area contributed by atoms with E-state index < -0.39 is 0 Å². The molecule has 20 heavy (non-hydrogen) atoms. The van der Waals surface area contributed by atoms with Gasteiger partial charge in [0.1, 0.15) is 0 Å². The van der Waals surface area contributed by atoms with Gasteiger partial charge in [-0.2, -0.15) is 0 Å². The Morgan fingerprint density at radius 1 is 0.750 bits per heavy atom. The van der Waals surface area contributed by atoms with Crippen molar-refractivity contribution in [3.63, 3.8) is 0 Å². The van der Waals surface area contributed by atoms with Gasteiger partial charge in [0.25, 0.3) is 0 Å². The highest BCUT2D eigenvalue weighted by Gasteiger charge is 2.32. The van der Waals surface area contributed by atoms with Crippen molar-refractivity contribution in [2.45, 2.75) is 50.6 Å². The van der Waals surface area contributed by atoms with Crippen LogP contribution in [0, 0.1) is 0 Å². The van der Waals surface area contributed by atoms with Crippen molar-refractivity contribution in [2.24, 2.45) is 0 Å². The smallest absolute Gasteiger partial charge is 0.0223 e. The summed E-state index contributed by atoms with van der Waals surface area (Å²) in [7, 11) is 0. The Bertz CT molecular complexity index is 439. The van der Waals surface area contributed by atoms with Crippen LogP contribution in [-0.2, 0) is 12.8 Å². The molecule has 0 aromatic heterocycles. The lowest BCUT2D eigenvalue weighted by molar-refractivity contribution is 0.0861. The minimum Gasteiger partial charge on any atom is -0.299 e. The number of benzene rings is 1. The van der Waals surface area contributed by atoms with Crippen molar-refractivity contribution in [3.8, 4) is 0 Å². The second-order valence-electron chi connectivity index (χ2n) is 6.86. The molecule has 0 saturated carbocycles. The van der Waals surface area contributed by atoms with Crippen LogP contribution in [0.15, 0.2) is 24.3 Å². The minimum atomic E-state index is 0.776. The zero-order valence-electron chi connectivity index (χ0n) is 12.4. The van der Waals surface area contributed by atoms with Crippen LogP contribution in [0.25, 0.3) is 0 Å². The number of likely N-dealkylation sites (tertiary alicyclic amines) is 2. The Balaban J connectivity index is 1.42. The predicted molar refractivity (Wildman–Crippen MR) is 83.0 cm³/mol. The predicted octanol–water partition coefficient (Wildman–Crippen LogP) is 2.71. The summed E-state index contributed by atoms with van der Waals surface area (Å²) in [5.41, 5.74) is 3.20. The zero-order valence-corrected chi connectivity index (χ0v) is 12.4. The standard InChI is InChI=1S/C18H26N2/c1-2-7-16-13-18(12-15(16)6-1)20-11-5-8-17(14-20)19-9-3-4-10-19/h1-2,6-7,17-18H,3-5,8-14H2. The first-order chi connectivity index (χ1) is 9.90. The van der Waals surface area contributed by atoms with Crippen LogP contribution in [0.1, 0.15) is 36.8 Å². The lowest BCUT2D eigenvalue weighted by Gasteiger charge is -2.40. The Hall–Kier alpha value is -0.860. The molecule has 2 nitrogen and oxygen atoms in total. The summed E-state index contributed by atoms with van der Waals surface area (Å²) in [6.45, 7) is 5.34. The molecule has 1 aromatic carbocycles. The second-order valence-corrected chi connectivity index (χ2v) is 6.86. The van der Waals surface area contributed by atoms with Crippen LogP contribution in [0.2, 0.25) is 0 Å². The molecule has 3 aliphatic rings. The topological polar surface area (TPSA) is 6.48 Å². The van der Waals surface area contributed by atoms with Gasteiger partial charge in [-0.1, -0.05) is 24.3 Å². The van der Waals surface area contributed by atoms with Crippen molar-refractivity contribution in [2.75, 3.05) is 26.2 Å². The molecule has 108 valence electrons. The third-order valence-electron chi connectivity index (χ3n) is 5.63. The van der Waals surface area contributed by atoms with E-state index in [0.29, 0.717) is 0 Å². The molecule has 2 fully saturated rings. The van der Waals surface area contributed by atoms with Crippen LogP contribution >= 0.6 is 0 Å². The molecule has 1 aromatic rings. The first kappa shape index (κ1) is 12.8. The van der Waals surface area contributed by atoms with Crippen molar-refractivity contribution in [1.82, 2.24) is 9.80 Å². The second kappa shape index (κ2) is 5.50. The SMILES string of the molecule is c1ccc2c(c1)CC(N1CCCC(N3CCCC3)C1)C2. The van der Waals surface area contributed by atoms with Gasteiger partial charge in [0.2, 0.25) is 0 Å². The van der Waals surface area contributed by atoms with Crippen molar-refractivity contribution < 1.29 is 0 Å². The molecule has 2 heteroatoms. The van der Waals surface area contributed by atoms with E-state index in [1.807, 2.05) is 0 Å². The Morgan fingerprint density at radius 2 is 1.40 bits per heavy atom. The monoisotopic (exact) mass is 270 g/mol. The lowest BCUT2D eigenvalue weighted by Crippen LogP contribution is -2.50. The Labute approximate surface area is 122 Å². The van der Waals surface area contributed by atoms with Gasteiger partial charge in [-0.05, 0) is 69.3 Å². The molecule has 0 bridgehead atoms. The van der Waals surface area contributed by atoms with Crippen molar-refractivity contribution >= 4 is 0 Å². The fourth-order valence-electron chi connectivity index (χ4n) is 4.51. The number of hydrogen-bond donors (Lipinski definition) is 0. The highest BCUT2D eigenvalue weighted by atomic mass is 15.3. The summed E-state index contributed by atoms with van der Waals surface area (Å²) in [5.74, 6) is 0. The van der Waals surface area contributed by atoms with Gasteiger partial charge < -0.3 is 0 Å². The van der Waals surface area contributed by atoms with Gasteiger partial charge in [-0.3, -0.25) is 9.80 Å². The molecular weight excluding hydrogens is 244 g/mol. The number of nitrogens with zero attached hydrogens (tertiary/aromatic N) is 2. The van der Waals surface area contributed by atoms with Crippen LogP contribution in [0.5, 0.6) is 0 Å². The van der Waals surface area contributed by atoms with Gasteiger partial charge in [-0.25, -0.2) is 0 Å². The summed E-state index contributed by atoms with van der Waals surface area (Å²) in [6.07, 6.45) is 8.23. The van der Waals surface area contributed by atoms with Crippen LogP contribution in [-0.4, -0.2) is 48.1 Å². The molecule has 4 rings (SSSR count). The van der Waals surface area contributed by atoms with E-state index in [0.717, 1.165) is 12.1 Å². The minimum absolute atomic E-state index is 0.776. The summed E-state index contributed by atoms with van der Waals surface area (Å²) in [6, 6.07) is 10.7. The summed E-state index contributed by atoms with van der Waals surface area (Å²) >= 11 is 0. The Kier molecular flexibility index (Phi) is 3.53. The van der Waals surface area contributed by atoms with Gasteiger partial charge >= 0.3 is 0 Å². The van der Waals surface area contributed by atoms with Gasteiger partial charge in [0.05, 0.1) is 0 Å². The number of hydrogen-bond acceptors (Lipinski definition) is 2. The van der Waals surface area contributed by atoms with Gasteiger partial charge in [0, 0.05) is 18.6 Å². The van der Waals surface area contributed by atoms with E-state index in [1.165, 1.54) is 64.7 Å². The molecule has 0 spiro atoms. The number of rotatable bonds is 2. The summed E-state index contributed by atoms with van der Waals surface area (Å²) < 4.78 is 0. The number of fused-ring (bicyclic) bond motifs is 1. The zero-order chi connectivity index (χ0) is 13.4. The van der Waals surface area contributed by atoms with Gasteiger partial charge in [-0.15, -0.1) is 0 Å². The van der Waals surface area contributed by atoms with Crippen molar-refractivity contribution in [1.29, 1.82) is 0 Å². The molecule has 0 amide bonds. The third kappa shape index (κ3) is 2.40. The fraction of sp³-hybridized carbons (Fsp3) is 0.667.